The monoisotopic (exact) mass is 453 g/mol. The second-order valence-electron chi connectivity index (χ2n) is 8.57. The van der Waals surface area contributed by atoms with Crippen molar-refractivity contribution < 1.29 is 8.42 Å². The maximum absolute atomic E-state index is 14.0. The van der Waals surface area contributed by atoms with Gasteiger partial charge in [-0.1, -0.05) is 109 Å². The third-order valence-corrected chi connectivity index (χ3v) is 8.75. The molecule has 1 saturated heterocycles. The smallest absolute Gasteiger partial charge is 0.183 e. The molecule has 3 atom stereocenters. The maximum Gasteiger partial charge on any atom is 0.183 e. The molecule has 33 heavy (non-hydrogen) atoms. The van der Waals surface area contributed by atoms with Gasteiger partial charge in [0.25, 0.3) is 0 Å². The van der Waals surface area contributed by atoms with Crippen LogP contribution >= 0.6 is 0 Å². The molecule has 1 aliphatic rings. The number of sulfone groups is 1. The Bertz CT molecular complexity index is 1280. The average Bonchev–Trinajstić information content (AvgIpc) is 3.26. The molecule has 0 saturated carbocycles. The highest BCUT2D eigenvalue weighted by atomic mass is 32.2. The van der Waals surface area contributed by atoms with Crippen molar-refractivity contribution in [2.45, 2.75) is 35.2 Å². The molecule has 1 unspecified atom stereocenters. The van der Waals surface area contributed by atoms with Crippen LogP contribution in [0.2, 0.25) is 0 Å². The largest absolute Gasteiger partial charge is 0.284 e. The minimum absolute atomic E-state index is 0.0000921. The molecule has 0 N–H and O–H groups in total. The molecule has 4 aromatic carbocycles. The molecule has 0 spiro atoms. The predicted molar refractivity (Wildman–Crippen MR) is 132 cm³/mol. The number of rotatable bonds is 6. The third kappa shape index (κ3) is 4.37. The molecular weight excluding hydrogens is 426 g/mol. The lowest BCUT2D eigenvalue weighted by Crippen LogP contribution is -2.32. The van der Waals surface area contributed by atoms with E-state index in [2.05, 4.69) is 41.3 Å². The number of nitrogens with zero attached hydrogens (tertiary/aromatic N) is 1. The van der Waals surface area contributed by atoms with Crippen LogP contribution in [-0.4, -0.2) is 18.6 Å². The van der Waals surface area contributed by atoms with Crippen LogP contribution in [-0.2, 0) is 16.4 Å². The summed E-state index contributed by atoms with van der Waals surface area (Å²) >= 11 is 0. The van der Waals surface area contributed by atoms with Crippen molar-refractivity contribution in [2.24, 2.45) is 0 Å². The minimum Gasteiger partial charge on any atom is -0.284 e. The summed E-state index contributed by atoms with van der Waals surface area (Å²) in [5, 5.41) is -0.545. The van der Waals surface area contributed by atoms with Gasteiger partial charge in [-0.15, -0.1) is 0 Å². The van der Waals surface area contributed by atoms with Gasteiger partial charge in [-0.3, -0.25) is 4.90 Å². The van der Waals surface area contributed by atoms with Gasteiger partial charge in [-0.25, -0.2) is 8.42 Å². The van der Waals surface area contributed by atoms with Gasteiger partial charge in [0.15, 0.2) is 9.84 Å². The molecule has 3 nitrogen and oxygen atoms in total. The quantitative estimate of drug-likeness (QED) is 0.348. The Hall–Kier alpha value is -3.21. The van der Waals surface area contributed by atoms with Gasteiger partial charge in [0.2, 0.25) is 0 Å². The zero-order valence-corrected chi connectivity index (χ0v) is 19.2. The van der Waals surface area contributed by atoms with E-state index in [1.165, 1.54) is 5.56 Å². The van der Waals surface area contributed by atoms with E-state index in [0.29, 0.717) is 17.9 Å². The van der Waals surface area contributed by atoms with Gasteiger partial charge < -0.3 is 0 Å². The standard InChI is InChI=1S/C29H27NO2S/c31-33(32,26-19-11-4-12-20-26)28-21-27(24-15-7-2-8-16-24)30(22-23-13-5-1-6-14-23)29(28)25-17-9-3-10-18-25/h1-20,27-29H,21-22H2/t27-,28?,29+/m1/s1. The van der Waals surface area contributed by atoms with Crippen LogP contribution in [0.25, 0.3) is 0 Å². The van der Waals surface area contributed by atoms with E-state index >= 15 is 0 Å². The molecule has 5 rings (SSSR count). The van der Waals surface area contributed by atoms with Gasteiger partial charge >= 0.3 is 0 Å². The van der Waals surface area contributed by atoms with Crippen molar-refractivity contribution in [3.8, 4) is 0 Å². The molecule has 1 aliphatic heterocycles. The lowest BCUT2D eigenvalue weighted by atomic mass is 10.0. The zero-order valence-electron chi connectivity index (χ0n) is 18.4. The van der Waals surface area contributed by atoms with Crippen molar-refractivity contribution in [3.63, 3.8) is 0 Å². The molecule has 0 amide bonds. The number of benzene rings is 4. The summed E-state index contributed by atoms with van der Waals surface area (Å²) in [5.41, 5.74) is 3.37. The lowest BCUT2D eigenvalue weighted by molar-refractivity contribution is 0.185. The van der Waals surface area contributed by atoms with Crippen molar-refractivity contribution in [1.29, 1.82) is 0 Å². The van der Waals surface area contributed by atoms with E-state index < -0.39 is 15.1 Å². The van der Waals surface area contributed by atoms with Crippen LogP contribution in [0.5, 0.6) is 0 Å². The molecule has 1 fully saturated rings. The second kappa shape index (κ2) is 9.34. The molecule has 4 aromatic rings. The summed E-state index contributed by atoms with van der Waals surface area (Å²) in [4.78, 5) is 2.77. The highest BCUT2D eigenvalue weighted by Gasteiger charge is 2.48. The van der Waals surface area contributed by atoms with E-state index in [9.17, 15) is 8.42 Å². The van der Waals surface area contributed by atoms with E-state index in [1.54, 1.807) is 24.3 Å². The first kappa shape index (κ1) is 21.6. The van der Waals surface area contributed by atoms with Crippen molar-refractivity contribution in [3.05, 3.63) is 138 Å². The summed E-state index contributed by atoms with van der Waals surface area (Å²) in [7, 11) is -3.54. The molecule has 166 valence electrons. The fourth-order valence-corrected chi connectivity index (χ4v) is 7.01. The fourth-order valence-electron chi connectivity index (χ4n) is 5.03. The van der Waals surface area contributed by atoms with E-state index in [0.717, 1.165) is 11.1 Å². The summed E-state index contributed by atoms with van der Waals surface area (Å²) in [5.74, 6) is 0. The maximum atomic E-state index is 14.0. The van der Waals surface area contributed by atoms with E-state index in [4.69, 9.17) is 0 Å². The first-order valence-electron chi connectivity index (χ1n) is 11.3. The molecule has 4 heteroatoms. The van der Waals surface area contributed by atoms with Crippen molar-refractivity contribution in [1.82, 2.24) is 4.90 Å². The first-order valence-corrected chi connectivity index (χ1v) is 12.9. The van der Waals surface area contributed by atoms with E-state index in [1.807, 2.05) is 60.7 Å². The molecule has 1 heterocycles. The zero-order chi connectivity index (χ0) is 22.7. The SMILES string of the molecule is O=S(=O)(c1ccccc1)C1C[C@H](c2ccccc2)N(Cc2ccccc2)[C@H]1c1ccccc1. The fraction of sp³-hybridized carbons (Fsp3) is 0.172. The van der Waals surface area contributed by atoms with Gasteiger partial charge in [0.1, 0.15) is 0 Å². The van der Waals surface area contributed by atoms with Crippen LogP contribution in [0, 0.1) is 0 Å². The van der Waals surface area contributed by atoms with Gasteiger partial charge in [0.05, 0.1) is 16.2 Å². The summed E-state index contributed by atoms with van der Waals surface area (Å²) in [6, 6.07) is 39.4. The lowest BCUT2D eigenvalue weighted by Gasteiger charge is -2.32. The number of hydrogen-bond acceptors (Lipinski definition) is 3. The Labute approximate surface area is 196 Å². The van der Waals surface area contributed by atoms with Gasteiger partial charge in [-0.2, -0.15) is 0 Å². The predicted octanol–water partition coefficient (Wildman–Crippen LogP) is 6.22. The Balaban J connectivity index is 1.65. The summed E-state index contributed by atoms with van der Waals surface area (Å²) in [6.07, 6.45) is 0.549. The molecule has 0 radical (unpaired) electrons. The van der Waals surface area contributed by atoms with Crippen molar-refractivity contribution >= 4 is 9.84 Å². The molecule has 0 bridgehead atoms. The highest BCUT2D eigenvalue weighted by Crippen LogP contribution is 2.49. The average molecular weight is 454 g/mol. The van der Waals surface area contributed by atoms with Gasteiger partial charge in [-0.05, 0) is 35.2 Å². The Morgan fingerprint density at radius 1 is 0.636 bits per heavy atom. The van der Waals surface area contributed by atoms with Crippen LogP contribution in [0.4, 0.5) is 0 Å². The Morgan fingerprint density at radius 3 is 1.70 bits per heavy atom. The Morgan fingerprint density at radius 2 is 1.12 bits per heavy atom. The Kier molecular flexibility index (Phi) is 6.12. The number of likely N-dealkylation sites (tertiary alicyclic amines) is 1. The molecular formula is C29H27NO2S. The summed E-state index contributed by atoms with van der Waals surface area (Å²) in [6.45, 7) is 0.681. The molecule has 0 aromatic heterocycles. The first-order chi connectivity index (χ1) is 16.1. The number of hydrogen-bond donors (Lipinski definition) is 0. The van der Waals surface area contributed by atoms with Crippen LogP contribution in [0.15, 0.2) is 126 Å². The van der Waals surface area contributed by atoms with Crippen LogP contribution in [0.1, 0.15) is 35.2 Å². The van der Waals surface area contributed by atoms with Gasteiger partial charge in [0, 0.05) is 12.6 Å². The summed E-state index contributed by atoms with van der Waals surface area (Å²) < 4.78 is 27.9. The third-order valence-electron chi connectivity index (χ3n) is 6.57. The molecule has 0 aliphatic carbocycles. The topological polar surface area (TPSA) is 37.4 Å². The van der Waals surface area contributed by atoms with Crippen molar-refractivity contribution in [2.75, 3.05) is 0 Å². The minimum atomic E-state index is -3.54. The van der Waals surface area contributed by atoms with E-state index in [-0.39, 0.29) is 12.1 Å². The second-order valence-corrected chi connectivity index (χ2v) is 10.7. The van der Waals surface area contributed by atoms with Crippen LogP contribution in [0.3, 0.4) is 0 Å². The normalized spacial score (nSPS) is 21.2. The van der Waals surface area contributed by atoms with Crippen LogP contribution < -0.4 is 0 Å². The highest BCUT2D eigenvalue weighted by molar-refractivity contribution is 7.92.